The van der Waals surface area contributed by atoms with E-state index in [2.05, 4.69) is 29.0 Å². The minimum absolute atomic E-state index is 0.0858. The maximum atomic E-state index is 12.2. The lowest BCUT2D eigenvalue weighted by molar-refractivity contribution is 0.0951. The highest BCUT2D eigenvalue weighted by atomic mass is 32.1. The summed E-state index contributed by atoms with van der Waals surface area (Å²) in [5.41, 5.74) is 5.89. The highest BCUT2D eigenvalue weighted by molar-refractivity contribution is 7.18. The molecule has 1 aliphatic rings. The van der Waals surface area contributed by atoms with Crippen molar-refractivity contribution in [2.75, 3.05) is 30.3 Å². The normalized spacial score (nSPS) is 15.1. The number of nitrogens with two attached hydrogens (primary N) is 1. The summed E-state index contributed by atoms with van der Waals surface area (Å²) < 4.78 is 0. The van der Waals surface area contributed by atoms with Crippen LogP contribution in [-0.2, 0) is 0 Å². The second-order valence-corrected chi connectivity index (χ2v) is 6.28. The maximum Gasteiger partial charge on any atom is 0.265 e. The minimum atomic E-state index is -0.0858. The van der Waals surface area contributed by atoms with Crippen LogP contribution < -0.4 is 16.0 Å². The number of carbonyl (C=O) groups is 1. The first-order valence-electron chi connectivity index (χ1n) is 7.45. The molecule has 0 aromatic carbocycles. The van der Waals surface area contributed by atoms with E-state index >= 15 is 0 Å². The number of rotatable bonds is 6. The molecule has 2 rings (SSSR count). The Morgan fingerprint density at radius 1 is 1.40 bits per heavy atom. The van der Waals surface area contributed by atoms with Crippen LogP contribution in [0.3, 0.4) is 0 Å². The Labute approximate surface area is 124 Å². The van der Waals surface area contributed by atoms with Gasteiger partial charge in [-0.3, -0.25) is 4.79 Å². The molecule has 1 aromatic heterocycles. The van der Waals surface area contributed by atoms with Gasteiger partial charge in [0.1, 0.15) is 10.7 Å². The lowest BCUT2D eigenvalue weighted by Gasteiger charge is -2.13. The Bertz CT molecular complexity index is 450. The Morgan fingerprint density at radius 3 is 2.65 bits per heavy atom. The van der Waals surface area contributed by atoms with Gasteiger partial charge in [-0.15, -0.1) is 0 Å². The van der Waals surface area contributed by atoms with E-state index < -0.39 is 0 Å². The number of aromatic nitrogens is 1. The van der Waals surface area contributed by atoms with Crippen molar-refractivity contribution < 1.29 is 4.79 Å². The first-order valence-corrected chi connectivity index (χ1v) is 8.26. The first kappa shape index (κ1) is 15.1. The molecule has 1 aliphatic heterocycles. The maximum absolute atomic E-state index is 12.2. The van der Waals surface area contributed by atoms with Gasteiger partial charge >= 0.3 is 0 Å². The van der Waals surface area contributed by atoms with Crippen molar-refractivity contribution in [3.8, 4) is 0 Å². The summed E-state index contributed by atoms with van der Waals surface area (Å²) in [6.07, 6.45) is 4.54. The highest BCUT2D eigenvalue weighted by Crippen LogP contribution is 2.30. The van der Waals surface area contributed by atoms with E-state index in [1.54, 1.807) is 0 Å². The fourth-order valence-corrected chi connectivity index (χ4v) is 3.37. The number of thiazole rings is 1. The zero-order valence-electron chi connectivity index (χ0n) is 12.3. The number of carbonyl (C=O) groups excluding carboxylic acids is 1. The summed E-state index contributed by atoms with van der Waals surface area (Å²) in [5, 5.41) is 3.86. The monoisotopic (exact) mass is 296 g/mol. The molecule has 0 spiro atoms. The van der Waals surface area contributed by atoms with Crippen LogP contribution in [-0.4, -0.2) is 30.5 Å². The van der Waals surface area contributed by atoms with Crippen LogP contribution in [0.4, 0.5) is 10.9 Å². The van der Waals surface area contributed by atoms with Crippen molar-refractivity contribution in [1.82, 2.24) is 10.3 Å². The largest absolute Gasteiger partial charge is 0.382 e. The van der Waals surface area contributed by atoms with Crippen molar-refractivity contribution in [2.24, 2.45) is 5.92 Å². The third-order valence-electron chi connectivity index (χ3n) is 3.93. The van der Waals surface area contributed by atoms with Gasteiger partial charge in [0.05, 0.1) is 0 Å². The predicted octanol–water partition coefficient (Wildman–Crippen LogP) is 2.49. The molecular formula is C14H24N4OS. The number of amides is 1. The zero-order valence-corrected chi connectivity index (χ0v) is 13.1. The number of hydrogen-bond acceptors (Lipinski definition) is 5. The van der Waals surface area contributed by atoms with Gasteiger partial charge in [-0.05, 0) is 18.8 Å². The minimum Gasteiger partial charge on any atom is -0.382 e. The van der Waals surface area contributed by atoms with Gasteiger partial charge in [-0.25, -0.2) is 4.98 Å². The van der Waals surface area contributed by atoms with Crippen LogP contribution >= 0.6 is 11.3 Å². The molecule has 1 fully saturated rings. The molecule has 5 nitrogen and oxygen atoms in total. The third-order valence-corrected chi connectivity index (χ3v) is 5.06. The summed E-state index contributed by atoms with van der Waals surface area (Å²) >= 11 is 1.41. The Morgan fingerprint density at radius 2 is 2.05 bits per heavy atom. The van der Waals surface area contributed by atoms with Crippen LogP contribution in [0.25, 0.3) is 0 Å². The standard InChI is InChI=1S/C14H24N4OS/c1-3-10(4-2)9-16-13(19)11-12(15)17-14(20-11)18-7-5-6-8-18/h10H,3-9,15H2,1-2H3,(H,16,19). The Balaban J connectivity index is 1.99. The van der Waals surface area contributed by atoms with Gasteiger partial charge in [0.15, 0.2) is 5.13 Å². The number of anilines is 2. The molecule has 0 saturated carbocycles. The van der Waals surface area contributed by atoms with Crippen molar-refractivity contribution in [3.05, 3.63) is 4.88 Å². The van der Waals surface area contributed by atoms with E-state index in [0.29, 0.717) is 23.2 Å². The lowest BCUT2D eigenvalue weighted by atomic mass is 10.0. The average molecular weight is 296 g/mol. The number of nitrogens with one attached hydrogen (secondary N) is 1. The fraction of sp³-hybridized carbons (Fsp3) is 0.714. The second kappa shape index (κ2) is 6.92. The summed E-state index contributed by atoms with van der Waals surface area (Å²) in [4.78, 5) is 19.3. The predicted molar refractivity (Wildman–Crippen MR) is 84.4 cm³/mol. The summed E-state index contributed by atoms with van der Waals surface area (Å²) in [5.74, 6) is 0.808. The fourth-order valence-electron chi connectivity index (χ4n) is 2.42. The van der Waals surface area contributed by atoms with Gasteiger partial charge in [-0.1, -0.05) is 38.0 Å². The SMILES string of the molecule is CCC(CC)CNC(=O)c1sc(N2CCCC2)nc1N. The van der Waals surface area contributed by atoms with Gasteiger partial charge in [0.25, 0.3) is 5.91 Å². The molecule has 0 bridgehead atoms. The topological polar surface area (TPSA) is 71.2 Å². The summed E-state index contributed by atoms with van der Waals surface area (Å²) in [6.45, 7) is 7.03. The second-order valence-electron chi connectivity index (χ2n) is 5.30. The molecule has 1 aromatic rings. The Hall–Kier alpha value is -1.30. The highest BCUT2D eigenvalue weighted by Gasteiger charge is 2.21. The van der Waals surface area contributed by atoms with Gasteiger partial charge in [0, 0.05) is 19.6 Å². The molecule has 20 heavy (non-hydrogen) atoms. The first-order chi connectivity index (χ1) is 9.65. The van der Waals surface area contributed by atoms with E-state index in [1.807, 2.05) is 0 Å². The molecule has 6 heteroatoms. The van der Waals surface area contributed by atoms with Crippen molar-refractivity contribution >= 4 is 28.2 Å². The van der Waals surface area contributed by atoms with Crippen LogP contribution in [0, 0.1) is 5.92 Å². The van der Waals surface area contributed by atoms with E-state index in [9.17, 15) is 4.79 Å². The number of nitrogens with zero attached hydrogens (tertiary/aromatic N) is 2. The molecular weight excluding hydrogens is 272 g/mol. The Kier molecular flexibility index (Phi) is 5.23. The molecule has 0 atom stereocenters. The van der Waals surface area contributed by atoms with E-state index in [4.69, 9.17) is 5.73 Å². The van der Waals surface area contributed by atoms with Gasteiger partial charge in [-0.2, -0.15) is 0 Å². The molecule has 112 valence electrons. The third kappa shape index (κ3) is 3.42. The molecule has 2 heterocycles. The van der Waals surface area contributed by atoms with Crippen molar-refractivity contribution in [3.63, 3.8) is 0 Å². The molecule has 3 N–H and O–H groups in total. The summed E-state index contributed by atoms with van der Waals surface area (Å²) in [6, 6.07) is 0. The van der Waals surface area contributed by atoms with Crippen molar-refractivity contribution in [1.29, 1.82) is 0 Å². The molecule has 0 aliphatic carbocycles. The zero-order chi connectivity index (χ0) is 14.5. The number of nitrogen functional groups attached to an aromatic ring is 1. The van der Waals surface area contributed by atoms with E-state index in [0.717, 1.165) is 31.1 Å². The molecule has 1 amide bonds. The smallest absolute Gasteiger partial charge is 0.265 e. The molecule has 0 radical (unpaired) electrons. The van der Waals surface area contributed by atoms with Crippen LogP contribution in [0.15, 0.2) is 0 Å². The van der Waals surface area contributed by atoms with E-state index in [-0.39, 0.29) is 5.91 Å². The van der Waals surface area contributed by atoms with Crippen LogP contribution in [0.1, 0.15) is 49.2 Å². The van der Waals surface area contributed by atoms with E-state index in [1.165, 1.54) is 24.2 Å². The average Bonchev–Trinajstić information content (AvgIpc) is 3.08. The van der Waals surface area contributed by atoms with Gasteiger partial charge in [0.2, 0.25) is 0 Å². The lowest BCUT2D eigenvalue weighted by Crippen LogP contribution is -2.28. The molecule has 1 saturated heterocycles. The van der Waals surface area contributed by atoms with Crippen LogP contribution in [0.2, 0.25) is 0 Å². The quantitative estimate of drug-likeness (QED) is 0.846. The summed E-state index contributed by atoms with van der Waals surface area (Å²) in [7, 11) is 0. The van der Waals surface area contributed by atoms with Crippen molar-refractivity contribution in [2.45, 2.75) is 39.5 Å². The van der Waals surface area contributed by atoms with Gasteiger partial charge < -0.3 is 16.0 Å². The van der Waals surface area contributed by atoms with Crippen LogP contribution in [0.5, 0.6) is 0 Å². The number of hydrogen-bond donors (Lipinski definition) is 2. The molecule has 0 unspecified atom stereocenters.